The van der Waals surface area contributed by atoms with E-state index in [4.69, 9.17) is 0 Å². The van der Waals surface area contributed by atoms with Gasteiger partial charge in [0.25, 0.3) is 0 Å². The van der Waals surface area contributed by atoms with Crippen molar-refractivity contribution in [3.63, 3.8) is 0 Å². The Morgan fingerprint density at radius 3 is 2.62 bits per heavy atom. The van der Waals surface area contributed by atoms with Crippen LogP contribution in [0.3, 0.4) is 0 Å². The van der Waals surface area contributed by atoms with Crippen molar-refractivity contribution in [2.75, 3.05) is 5.75 Å². The molecule has 0 spiro atoms. The number of rotatable bonds is 5. The van der Waals surface area contributed by atoms with Crippen LogP contribution in [0.5, 0.6) is 0 Å². The van der Waals surface area contributed by atoms with Crippen LogP contribution in [-0.4, -0.2) is 11.5 Å². The first-order valence-electron chi connectivity index (χ1n) is 4.52. The Balaban J connectivity index is 2.24. The second-order valence-electron chi connectivity index (χ2n) is 2.80. The summed E-state index contributed by atoms with van der Waals surface area (Å²) < 4.78 is 0. The predicted octanol–water partition coefficient (Wildman–Crippen LogP) is 3.15. The number of Topliss-reactive ketones (excluding diaryl/α,β-unsaturated/α-hetero) is 1. The molecule has 0 amide bonds. The molecule has 0 aliphatic rings. The molecule has 0 heterocycles. The molecule has 70 valence electrons. The number of hydrogen-bond acceptors (Lipinski definition) is 2. The third-order valence-electron chi connectivity index (χ3n) is 1.79. The van der Waals surface area contributed by atoms with E-state index in [0.717, 1.165) is 5.75 Å². The molecule has 0 aliphatic carbocycles. The zero-order valence-corrected chi connectivity index (χ0v) is 8.64. The first-order valence-corrected chi connectivity index (χ1v) is 5.51. The highest BCUT2D eigenvalue weighted by Gasteiger charge is 1.98. The van der Waals surface area contributed by atoms with Crippen molar-refractivity contribution in [1.82, 2.24) is 0 Å². The van der Waals surface area contributed by atoms with Gasteiger partial charge in [0.15, 0.2) is 0 Å². The van der Waals surface area contributed by atoms with E-state index in [1.165, 1.54) is 4.90 Å². The van der Waals surface area contributed by atoms with Gasteiger partial charge in [0, 0.05) is 23.5 Å². The topological polar surface area (TPSA) is 17.1 Å². The molecule has 13 heavy (non-hydrogen) atoms. The fraction of sp³-hybridized carbons (Fsp3) is 0.364. The third-order valence-corrected chi connectivity index (χ3v) is 2.80. The molecular weight excluding hydrogens is 180 g/mol. The van der Waals surface area contributed by atoms with E-state index >= 15 is 0 Å². The van der Waals surface area contributed by atoms with E-state index in [1.54, 1.807) is 11.8 Å². The molecule has 1 aromatic rings. The van der Waals surface area contributed by atoms with Crippen LogP contribution in [0.1, 0.15) is 19.8 Å². The zero-order chi connectivity index (χ0) is 9.52. The highest BCUT2D eigenvalue weighted by molar-refractivity contribution is 7.99. The largest absolute Gasteiger partial charge is 0.300 e. The Labute approximate surface area is 83.5 Å². The van der Waals surface area contributed by atoms with Crippen LogP contribution in [0.25, 0.3) is 0 Å². The lowest BCUT2D eigenvalue weighted by atomic mass is 10.2. The summed E-state index contributed by atoms with van der Waals surface area (Å²) in [5.74, 6) is 1.25. The van der Waals surface area contributed by atoms with E-state index < -0.39 is 0 Å². The Kier molecular flexibility index (Phi) is 4.61. The van der Waals surface area contributed by atoms with Crippen molar-refractivity contribution in [3.05, 3.63) is 30.3 Å². The molecule has 0 aliphatic heterocycles. The zero-order valence-electron chi connectivity index (χ0n) is 7.82. The van der Waals surface area contributed by atoms with Crippen LogP contribution < -0.4 is 0 Å². The van der Waals surface area contributed by atoms with Gasteiger partial charge in [0.2, 0.25) is 0 Å². The highest BCUT2D eigenvalue weighted by Crippen LogP contribution is 2.17. The molecule has 0 fully saturated rings. The summed E-state index contributed by atoms with van der Waals surface area (Å²) >= 11 is 1.74. The molecule has 0 radical (unpaired) electrons. The lowest BCUT2D eigenvalue weighted by Crippen LogP contribution is -1.95. The van der Waals surface area contributed by atoms with E-state index in [-0.39, 0.29) is 0 Å². The fourth-order valence-electron chi connectivity index (χ4n) is 0.976. The SMILES string of the molecule is CCC(=O)CCSc1ccccc1. The summed E-state index contributed by atoms with van der Waals surface area (Å²) in [6.45, 7) is 1.91. The Morgan fingerprint density at radius 2 is 2.00 bits per heavy atom. The molecule has 0 aromatic heterocycles. The van der Waals surface area contributed by atoms with Gasteiger partial charge in [-0.05, 0) is 12.1 Å². The second-order valence-corrected chi connectivity index (χ2v) is 3.97. The van der Waals surface area contributed by atoms with Crippen molar-refractivity contribution < 1.29 is 4.79 Å². The fourth-order valence-corrected chi connectivity index (χ4v) is 1.89. The Hall–Kier alpha value is -0.760. The average Bonchev–Trinajstić information content (AvgIpc) is 2.19. The average molecular weight is 194 g/mol. The molecule has 0 N–H and O–H groups in total. The maximum Gasteiger partial charge on any atom is 0.133 e. The first-order chi connectivity index (χ1) is 6.33. The lowest BCUT2D eigenvalue weighted by molar-refractivity contribution is -0.118. The molecule has 0 saturated carbocycles. The molecule has 2 heteroatoms. The second kappa shape index (κ2) is 5.81. The van der Waals surface area contributed by atoms with Crippen LogP contribution in [0.2, 0.25) is 0 Å². The lowest BCUT2D eigenvalue weighted by Gasteiger charge is -1.99. The normalized spacial score (nSPS) is 9.92. The van der Waals surface area contributed by atoms with Crippen LogP contribution in [-0.2, 0) is 4.79 Å². The summed E-state index contributed by atoms with van der Waals surface area (Å²) in [5.41, 5.74) is 0. The van der Waals surface area contributed by atoms with Crippen molar-refractivity contribution in [2.45, 2.75) is 24.7 Å². The number of carbonyl (C=O) groups is 1. The summed E-state index contributed by atoms with van der Waals surface area (Å²) in [5, 5.41) is 0. The van der Waals surface area contributed by atoms with Crippen molar-refractivity contribution in [2.24, 2.45) is 0 Å². The summed E-state index contributed by atoms with van der Waals surface area (Å²) in [4.78, 5) is 12.2. The smallest absolute Gasteiger partial charge is 0.133 e. The molecular formula is C11H14OS. The van der Waals surface area contributed by atoms with Gasteiger partial charge in [-0.15, -0.1) is 11.8 Å². The maximum absolute atomic E-state index is 11.0. The molecule has 1 aromatic carbocycles. The summed E-state index contributed by atoms with van der Waals surface area (Å²) in [6.07, 6.45) is 1.35. The van der Waals surface area contributed by atoms with Crippen molar-refractivity contribution in [1.29, 1.82) is 0 Å². The highest BCUT2D eigenvalue weighted by atomic mass is 32.2. The van der Waals surface area contributed by atoms with Crippen LogP contribution in [0.4, 0.5) is 0 Å². The minimum absolute atomic E-state index is 0.350. The van der Waals surface area contributed by atoms with Gasteiger partial charge in [-0.2, -0.15) is 0 Å². The molecule has 0 atom stereocenters. The van der Waals surface area contributed by atoms with Crippen LogP contribution in [0.15, 0.2) is 35.2 Å². The van der Waals surface area contributed by atoms with Gasteiger partial charge in [-0.1, -0.05) is 25.1 Å². The molecule has 1 nitrogen and oxygen atoms in total. The van der Waals surface area contributed by atoms with Gasteiger partial charge < -0.3 is 0 Å². The van der Waals surface area contributed by atoms with Crippen LogP contribution >= 0.6 is 11.8 Å². The standard InChI is InChI=1S/C11H14OS/c1-2-10(12)8-9-13-11-6-4-3-5-7-11/h3-7H,2,8-9H2,1H3. The van der Waals surface area contributed by atoms with Crippen molar-refractivity contribution >= 4 is 17.5 Å². The number of ketones is 1. The minimum atomic E-state index is 0.350. The Bertz CT molecular complexity index is 256. The van der Waals surface area contributed by atoms with Gasteiger partial charge in [-0.25, -0.2) is 0 Å². The first kappa shape index (κ1) is 10.3. The van der Waals surface area contributed by atoms with Gasteiger partial charge in [-0.3, -0.25) is 4.79 Å². The quantitative estimate of drug-likeness (QED) is 0.670. The summed E-state index contributed by atoms with van der Waals surface area (Å²) in [7, 11) is 0. The van der Waals surface area contributed by atoms with E-state index in [1.807, 2.05) is 25.1 Å². The molecule has 0 bridgehead atoms. The predicted molar refractivity (Wildman–Crippen MR) is 57.1 cm³/mol. The molecule has 0 saturated heterocycles. The van der Waals surface area contributed by atoms with Crippen LogP contribution in [0, 0.1) is 0 Å². The van der Waals surface area contributed by atoms with E-state index in [2.05, 4.69) is 12.1 Å². The molecule has 1 rings (SSSR count). The summed E-state index contributed by atoms with van der Waals surface area (Å²) in [6, 6.07) is 10.2. The number of carbonyl (C=O) groups excluding carboxylic acids is 1. The van der Waals surface area contributed by atoms with Gasteiger partial charge in [0.05, 0.1) is 0 Å². The number of hydrogen-bond donors (Lipinski definition) is 0. The Morgan fingerprint density at radius 1 is 1.31 bits per heavy atom. The molecule has 0 unspecified atom stereocenters. The number of benzene rings is 1. The van der Waals surface area contributed by atoms with E-state index in [9.17, 15) is 4.79 Å². The minimum Gasteiger partial charge on any atom is -0.300 e. The maximum atomic E-state index is 11.0. The number of thioether (sulfide) groups is 1. The van der Waals surface area contributed by atoms with Gasteiger partial charge in [0.1, 0.15) is 5.78 Å². The third kappa shape index (κ3) is 4.13. The van der Waals surface area contributed by atoms with Crippen molar-refractivity contribution in [3.8, 4) is 0 Å². The van der Waals surface area contributed by atoms with Gasteiger partial charge >= 0.3 is 0 Å². The monoisotopic (exact) mass is 194 g/mol. The van der Waals surface area contributed by atoms with E-state index in [0.29, 0.717) is 18.6 Å².